The van der Waals surface area contributed by atoms with E-state index in [1.165, 1.54) is 0 Å². The summed E-state index contributed by atoms with van der Waals surface area (Å²) in [7, 11) is 3.41. The molecule has 92 valence electrons. The van der Waals surface area contributed by atoms with Gasteiger partial charge >= 0.3 is 0 Å². The van der Waals surface area contributed by atoms with E-state index in [-0.39, 0.29) is 6.04 Å². The molecule has 1 rings (SSSR count). The Labute approximate surface area is 96.9 Å². The lowest BCUT2D eigenvalue weighted by atomic mass is 10.1. The van der Waals surface area contributed by atoms with Gasteiger partial charge in [0.05, 0.1) is 18.9 Å². The van der Waals surface area contributed by atoms with Crippen LogP contribution in [0.2, 0.25) is 0 Å². The van der Waals surface area contributed by atoms with Crippen molar-refractivity contribution in [2.75, 3.05) is 27.4 Å². The molecule has 0 amide bonds. The van der Waals surface area contributed by atoms with E-state index in [9.17, 15) is 0 Å². The lowest BCUT2D eigenvalue weighted by molar-refractivity contribution is 0.142. The minimum absolute atomic E-state index is 0.104. The second-order valence-corrected chi connectivity index (χ2v) is 3.87. The zero-order chi connectivity index (χ0) is 11.8. The van der Waals surface area contributed by atoms with E-state index < -0.39 is 0 Å². The van der Waals surface area contributed by atoms with Crippen molar-refractivity contribution in [2.24, 2.45) is 0 Å². The summed E-state index contributed by atoms with van der Waals surface area (Å²) >= 11 is 0. The third-order valence-corrected chi connectivity index (χ3v) is 2.46. The van der Waals surface area contributed by atoms with Crippen molar-refractivity contribution >= 4 is 0 Å². The molecule has 0 aliphatic heterocycles. The van der Waals surface area contributed by atoms with Crippen LogP contribution in [0.1, 0.15) is 25.1 Å². The maximum Gasteiger partial charge on any atom is 0.123 e. The van der Waals surface area contributed by atoms with Crippen LogP contribution < -0.4 is 5.32 Å². The number of methoxy groups -OCH3 is 2. The van der Waals surface area contributed by atoms with Gasteiger partial charge in [0.15, 0.2) is 0 Å². The second kappa shape index (κ2) is 7.44. The molecule has 0 aromatic carbocycles. The van der Waals surface area contributed by atoms with Crippen LogP contribution in [0.4, 0.5) is 0 Å². The summed E-state index contributed by atoms with van der Waals surface area (Å²) in [5, 5.41) is 3.46. The maximum atomic E-state index is 5.38. The molecule has 0 spiro atoms. The Bertz CT molecular complexity index is 261. The van der Waals surface area contributed by atoms with Crippen molar-refractivity contribution in [1.29, 1.82) is 0 Å². The third kappa shape index (κ3) is 4.35. The van der Waals surface area contributed by atoms with E-state index in [0.717, 1.165) is 18.8 Å². The van der Waals surface area contributed by atoms with Crippen molar-refractivity contribution < 1.29 is 13.9 Å². The monoisotopic (exact) mass is 227 g/mol. The highest BCUT2D eigenvalue weighted by Gasteiger charge is 2.16. The van der Waals surface area contributed by atoms with Gasteiger partial charge in [-0.25, -0.2) is 0 Å². The smallest absolute Gasteiger partial charge is 0.123 e. The first-order chi connectivity index (χ1) is 7.77. The molecule has 2 atom stereocenters. The van der Waals surface area contributed by atoms with E-state index in [2.05, 4.69) is 12.2 Å². The number of hydrogen-bond acceptors (Lipinski definition) is 4. The third-order valence-electron chi connectivity index (χ3n) is 2.46. The standard InChI is InChI=1S/C12H21NO3/c1-10(6-8-14-2)13-11(9-15-3)12-5-4-7-16-12/h4-5,7,10-11,13H,6,8-9H2,1-3H3. The highest BCUT2D eigenvalue weighted by molar-refractivity contribution is 5.04. The van der Waals surface area contributed by atoms with Crippen LogP contribution in [0.3, 0.4) is 0 Å². The molecule has 2 unspecified atom stereocenters. The Hall–Kier alpha value is -0.840. The van der Waals surface area contributed by atoms with Crippen LogP contribution in [0.15, 0.2) is 22.8 Å². The van der Waals surface area contributed by atoms with E-state index in [1.807, 2.05) is 12.1 Å². The Morgan fingerprint density at radius 3 is 2.75 bits per heavy atom. The summed E-state index contributed by atoms with van der Waals surface area (Å²) < 4.78 is 15.6. The molecule has 0 fully saturated rings. The van der Waals surface area contributed by atoms with Gasteiger partial charge in [0, 0.05) is 26.9 Å². The Balaban J connectivity index is 2.45. The summed E-state index contributed by atoms with van der Waals surface area (Å²) in [4.78, 5) is 0. The lowest BCUT2D eigenvalue weighted by Crippen LogP contribution is -2.33. The molecule has 4 heteroatoms. The molecule has 1 heterocycles. The van der Waals surface area contributed by atoms with Gasteiger partial charge in [0.2, 0.25) is 0 Å². The lowest BCUT2D eigenvalue weighted by Gasteiger charge is -2.21. The molecule has 0 saturated heterocycles. The van der Waals surface area contributed by atoms with Crippen molar-refractivity contribution in [3.05, 3.63) is 24.2 Å². The maximum absolute atomic E-state index is 5.38. The fraction of sp³-hybridized carbons (Fsp3) is 0.667. The van der Waals surface area contributed by atoms with Crippen molar-refractivity contribution in [3.8, 4) is 0 Å². The van der Waals surface area contributed by atoms with E-state index in [0.29, 0.717) is 12.6 Å². The first kappa shape index (κ1) is 13.2. The van der Waals surface area contributed by atoms with E-state index >= 15 is 0 Å². The summed E-state index contributed by atoms with van der Waals surface area (Å²) in [6.45, 7) is 3.49. The van der Waals surface area contributed by atoms with Crippen LogP contribution in [0.5, 0.6) is 0 Å². The highest BCUT2D eigenvalue weighted by atomic mass is 16.5. The van der Waals surface area contributed by atoms with Crippen LogP contribution in [0.25, 0.3) is 0 Å². The largest absolute Gasteiger partial charge is 0.468 e. The number of nitrogens with one attached hydrogen (secondary N) is 1. The Kier molecular flexibility index (Phi) is 6.15. The molecule has 0 bridgehead atoms. The van der Waals surface area contributed by atoms with Crippen LogP contribution in [-0.2, 0) is 9.47 Å². The molecule has 0 aliphatic carbocycles. The predicted molar refractivity (Wildman–Crippen MR) is 62.4 cm³/mol. The Morgan fingerprint density at radius 2 is 2.19 bits per heavy atom. The van der Waals surface area contributed by atoms with Gasteiger partial charge in [0.25, 0.3) is 0 Å². The molecule has 1 N–H and O–H groups in total. The first-order valence-electron chi connectivity index (χ1n) is 5.55. The molecule has 1 aromatic heterocycles. The normalized spacial score (nSPS) is 14.9. The van der Waals surface area contributed by atoms with Gasteiger partial charge in [-0.05, 0) is 25.5 Å². The minimum Gasteiger partial charge on any atom is -0.468 e. The fourth-order valence-electron chi connectivity index (χ4n) is 1.59. The molecule has 0 saturated carbocycles. The van der Waals surface area contributed by atoms with Crippen molar-refractivity contribution in [3.63, 3.8) is 0 Å². The molecule has 0 radical (unpaired) electrons. The summed E-state index contributed by atoms with van der Waals surface area (Å²) in [6, 6.07) is 4.32. The van der Waals surface area contributed by atoms with Crippen LogP contribution in [0, 0.1) is 0 Å². The quantitative estimate of drug-likeness (QED) is 0.737. The zero-order valence-electron chi connectivity index (χ0n) is 10.2. The molecule has 0 aliphatic rings. The molecular weight excluding hydrogens is 206 g/mol. The number of ether oxygens (including phenoxy) is 2. The molecule has 4 nitrogen and oxygen atoms in total. The average Bonchev–Trinajstić information content (AvgIpc) is 2.79. The van der Waals surface area contributed by atoms with Crippen molar-refractivity contribution in [1.82, 2.24) is 5.32 Å². The average molecular weight is 227 g/mol. The zero-order valence-corrected chi connectivity index (χ0v) is 10.2. The van der Waals surface area contributed by atoms with Gasteiger partial charge < -0.3 is 19.2 Å². The molecule has 1 aromatic rings. The van der Waals surface area contributed by atoms with Gasteiger partial charge in [-0.3, -0.25) is 0 Å². The number of furan rings is 1. The summed E-state index contributed by atoms with van der Waals surface area (Å²) in [6.07, 6.45) is 2.65. The predicted octanol–water partition coefficient (Wildman–Crippen LogP) is 1.98. The first-order valence-corrected chi connectivity index (χ1v) is 5.55. The van der Waals surface area contributed by atoms with Crippen molar-refractivity contribution in [2.45, 2.75) is 25.4 Å². The van der Waals surface area contributed by atoms with E-state index in [4.69, 9.17) is 13.9 Å². The van der Waals surface area contributed by atoms with Gasteiger partial charge in [0.1, 0.15) is 5.76 Å². The van der Waals surface area contributed by atoms with E-state index in [1.54, 1.807) is 20.5 Å². The fourth-order valence-corrected chi connectivity index (χ4v) is 1.59. The second-order valence-electron chi connectivity index (χ2n) is 3.87. The van der Waals surface area contributed by atoms with Crippen LogP contribution >= 0.6 is 0 Å². The topological polar surface area (TPSA) is 43.6 Å². The van der Waals surface area contributed by atoms with Gasteiger partial charge in [-0.15, -0.1) is 0 Å². The summed E-state index contributed by atoms with van der Waals surface area (Å²) in [5.74, 6) is 0.908. The highest BCUT2D eigenvalue weighted by Crippen LogP contribution is 2.15. The SMILES string of the molecule is COCCC(C)NC(COC)c1ccco1. The van der Waals surface area contributed by atoms with Crippen LogP contribution in [-0.4, -0.2) is 33.5 Å². The number of hydrogen-bond donors (Lipinski definition) is 1. The van der Waals surface area contributed by atoms with Gasteiger partial charge in [-0.1, -0.05) is 0 Å². The minimum atomic E-state index is 0.104. The summed E-state index contributed by atoms with van der Waals surface area (Å²) in [5.41, 5.74) is 0. The molecular formula is C12H21NO3. The Morgan fingerprint density at radius 1 is 1.38 bits per heavy atom. The number of rotatable bonds is 8. The van der Waals surface area contributed by atoms with Gasteiger partial charge in [-0.2, -0.15) is 0 Å². The molecule has 16 heavy (non-hydrogen) atoms.